The van der Waals surface area contributed by atoms with Gasteiger partial charge in [-0.1, -0.05) is 26.7 Å². The summed E-state index contributed by atoms with van der Waals surface area (Å²) in [6, 6.07) is 0. The van der Waals surface area contributed by atoms with Crippen LogP contribution in [-0.2, 0) is 9.59 Å². The Balaban J connectivity index is 3.18. The van der Waals surface area contributed by atoms with Crippen LogP contribution in [0.4, 0.5) is 0 Å². The summed E-state index contributed by atoms with van der Waals surface area (Å²) < 4.78 is 0. The van der Waals surface area contributed by atoms with Crippen molar-refractivity contribution in [3.05, 3.63) is 0 Å². The van der Waals surface area contributed by atoms with Crippen LogP contribution >= 0.6 is 0 Å². The second-order valence-corrected chi connectivity index (χ2v) is 4.27. The molecule has 1 N–H and O–H groups in total. The maximum absolute atomic E-state index is 11.3. The van der Waals surface area contributed by atoms with Crippen LogP contribution in [0.15, 0.2) is 0 Å². The van der Waals surface area contributed by atoms with Gasteiger partial charge in [-0.05, 0) is 12.8 Å². The Bertz CT molecular complexity index is 200. The number of carbonyl (C=O) groups excluding carboxylic acids is 2. The molecule has 3 heteroatoms. The van der Waals surface area contributed by atoms with E-state index >= 15 is 0 Å². The van der Waals surface area contributed by atoms with Crippen molar-refractivity contribution in [3.8, 4) is 0 Å². The molecule has 0 radical (unpaired) electrons. The summed E-state index contributed by atoms with van der Waals surface area (Å²) in [5, 5.41) is 2.76. The normalized spacial score (nSPS) is 10.4. The lowest BCUT2D eigenvalue weighted by molar-refractivity contribution is -0.122. The van der Waals surface area contributed by atoms with Gasteiger partial charge in [-0.2, -0.15) is 0 Å². The van der Waals surface area contributed by atoms with E-state index in [9.17, 15) is 9.59 Å². The molecule has 0 spiro atoms. The number of hydrogen-bond acceptors (Lipinski definition) is 2. The number of rotatable bonds is 8. The molecule has 0 aromatic rings. The number of ketones is 1. The summed E-state index contributed by atoms with van der Waals surface area (Å²) >= 11 is 0. The van der Waals surface area contributed by atoms with Crippen LogP contribution < -0.4 is 5.32 Å². The molecule has 88 valence electrons. The predicted octanol–water partition coefficient (Wildman–Crippen LogP) is 2.30. The second kappa shape index (κ2) is 8.45. The zero-order valence-corrected chi connectivity index (χ0v) is 10.1. The van der Waals surface area contributed by atoms with Crippen molar-refractivity contribution in [1.82, 2.24) is 5.32 Å². The molecule has 0 rings (SSSR count). The number of carbonyl (C=O) groups is 2. The molecule has 0 bridgehead atoms. The standard InChI is InChI=1S/C12H23NO2/c1-10(2)12(15)8-6-4-5-7-9-13-11(3)14/h10H,4-9H2,1-3H3,(H,13,14). The Hall–Kier alpha value is -0.860. The number of amides is 1. The highest BCUT2D eigenvalue weighted by molar-refractivity contribution is 5.80. The minimum absolute atomic E-state index is 0.0324. The Morgan fingerprint density at radius 1 is 1.07 bits per heavy atom. The highest BCUT2D eigenvalue weighted by atomic mass is 16.1. The van der Waals surface area contributed by atoms with Gasteiger partial charge >= 0.3 is 0 Å². The third-order valence-corrected chi connectivity index (χ3v) is 2.37. The smallest absolute Gasteiger partial charge is 0.216 e. The zero-order chi connectivity index (χ0) is 11.7. The highest BCUT2D eigenvalue weighted by Gasteiger charge is 2.05. The van der Waals surface area contributed by atoms with Gasteiger partial charge in [0, 0.05) is 25.8 Å². The van der Waals surface area contributed by atoms with E-state index in [0.29, 0.717) is 12.2 Å². The maximum Gasteiger partial charge on any atom is 0.216 e. The fraction of sp³-hybridized carbons (Fsp3) is 0.833. The van der Waals surface area contributed by atoms with Gasteiger partial charge in [0.05, 0.1) is 0 Å². The fourth-order valence-corrected chi connectivity index (χ4v) is 1.33. The van der Waals surface area contributed by atoms with Crippen LogP contribution in [-0.4, -0.2) is 18.2 Å². The first kappa shape index (κ1) is 14.1. The van der Waals surface area contributed by atoms with Gasteiger partial charge in [-0.15, -0.1) is 0 Å². The van der Waals surface area contributed by atoms with Crippen molar-refractivity contribution in [2.24, 2.45) is 5.92 Å². The van der Waals surface area contributed by atoms with Crippen LogP contribution in [0.3, 0.4) is 0 Å². The molecular formula is C12H23NO2. The number of unbranched alkanes of at least 4 members (excludes halogenated alkanes) is 3. The predicted molar refractivity (Wildman–Crippen MR) is 61.6 cm³/mol. The maximum atomic E-state index is 11.3. The van der Waals surface area contributed by atoms with E-state index in [-0.39, 0.29) is 11.8 Å². The SMILES string of the molecule is CC(=O)NCCCCCCC(=O)C(C)C. The topological polar surface area (TPSA) is 46.2 Å². The lowest BCUT2D eigenvalue weighted by Crippen LogP contribution is -2.20. The Labute approximate surface area is 92.6 Å². The van der Waals surface area contributed by atoms with E-state index in [2.05, 4.69) is 5.32 Å². The average molecular weight is 213 g/mol. The highest BCUT2D eigenvalue weighted by Crippen LogP contribution is 2.07. The first-order valence-corrected chi connectivity index (χ1v) is 5.81. The first-order chi connectivity index (χ1) is 7.04. The largest absolute Gasteiger partial charge is 0.356 e. The third-order valence-electron chi connectivity index (χ3n) is 2.37. The van der Waals surface area contributed by atoms with Crippen molar-refractivity contribution >= 4 is 11.7 Å². The van der Waals surface area contributed by atoms with E-state index < -0.39 is 0 Å². The number of nitrogens with one attached hydrogen (secondary N) is 1. The van der Waals surface area contributed by atoms with Crippen molar-refractivity contribution in [2.75, 3.05) is 6.54 Å². The van der Waals surface area contributed by atoms with Gasteiger partial charge in [0.15, 0.2) is 0 Å². The van der Waals surface area contributed by atoms with Gasteiger partial charge in [-0.25, -0.2) is 0 Å². The van der Waals surface area contributed by atoms with Crippen LogP contribution in [0, 0.1) is 5.92 Å². The molecule has 0 aliphatic rings. The van der Waals surface area contributed by atoms with Crippen molar-refractivity contribution in [2.45, 2.75) is 52.9 Å². The summed E-state index contributed by atoms with van der Waals surface area (Å²) in [5.74, 6) is 0.561. The molecule has 0 saturated carbocycles. The van der Waals surface area contributed by atoms with Gasteiger partial charge < -0.3 is 5.32 Å². The van der Waals surface area contributed by atoms with Gasteiger partial charge in [0.2, 0.25) is 5.91 Å². The minimum atomic E-state index is 0.0324. The van der Waals surface area contributed by atoms with Crippen molar-refractivity contribution in [1.29, 1.82) is 0 Å². The number of hydrogen-bond donors (Lipinski definition) is 1. The lowest BCUT2D eigenvalue weighted by Gasteiger charge is -2.04. The molecule has 0 unspecified atom stereocenters. The second-order valence-electron chi connectivity index (χ2n) is 4.27. The molecule has 0 heterocycles. The average Bonchev–Trinajstić information content (AvgIpc) is 2.15. The fourth-order valence-electron chi connectivity index (χ4n) is 1.33. The summed E-state index contributed by atoms with van der Waals surface area (Å²) in [7, 11) is 0. The van der Waals surface area contributed by atoms with E-state index in [1.54, 1.807) is 0 Å². The molecule has 0 atom stereocenters. The molecule has 1 amide bonds. The summed E-state index contributed by atoms with van der Waals surface area (Å²) in [5.41, 5.74) is 0. The molecule has 0 aliphatic heterocycles. The molecule has 0 aromatic carbocycles. The Morgan fingerprint density at radius 2 is 1.67 bits per heavy atom. The van der Waals surface area contributed by atoms with E-state index in [1.807, 2.05) is 13.8 Å². The van der Waals surface area contributed by atoms with Crippen molar-refractivity contribution in [3.63, 3.8) is 0 Å². The molecule has 0 saturated heterocycles. The monoisotopic (exact) mass is 213 g/mol. The molecule has 15 heavy (non-hydrogen) atoms. The summed E-state index contributed by atoms with van der Waals surface area (Å²) in [4.78, 5) is 21.8. The molecule has 0 fully saturated rings. The Morgan fingerprint density at radius 3 is 2.20 bits per heavy atom. The van der Waals surface area contributed by atoms with Crippen LogP contribution in [0.2, 0.25) is 0 Å². The van der Waals surface area contributed by atoms with E-state index in [0.717, 1.165) is 32.2 Å². The lowest BCUT2D eigenvalue weighted by atomic mass is 10.0. The van der Waals surface area contributed by atoms with Crippen LogP contribution in [0.5, 0.6) is 0 Å². The molecule has 0 aromatic heterocycles. The van der Waals surface area contributed by atoms with Crippen LogP contribution in [0.25, 0.3) is 0 Å². The number of Topliss-reactive ketones (excluding diaryl/α,β-unsaturated/α-hetero) is 1. The van der Waals surface area contributed by atoms with E-state index in [4.69, 9.17) is 0 Å². The zero-order valence-electron chi connectivity index (χ0n) is 10.1. The van der Waals surface area contributed by atoms with E-state index in [1.165, 1.54) is 6.92 Å². The molecule has 3 nitrogen and oxygen atoms in total. The molecule has 0 aliphatic carbocycles. The summed E-state index contributed by atoms with van der Waals surface area (Å²) in [6.07, 6.45) is 4.87. The minimum Gasteiger partial charge on any atom is -0.356 e. The first-order valence-electron chi connectivity index (χ1n) is 5.81. The van der Waals surface area contributed by atoms with Crippen molar-refractivity contribution < 1.29 is 9.59 Å². The molecular weight excluding hydrogens is 190 g/mol. The quantitative estimate of drug-likeness (QED) is 0.629. The third kappa shape index (κ3) is 9.44. The van der Waals surface area contributed by atoms with Gasteiger partial charge in [0.25, 0.3) is 0 Å². The van der Waals surface area contributed by atoms with Crippen LogP contribution in [0.1, 0.15) is 52.9 Å². The Kier molecular flexibility index (Phi) is 7.96. The van der Waals surface area contributed by atoms with Gasteiger partial charge in [0.1, 0.15) is 5.78 Å². The van der Waals surface area contributed by atoms with Gasteiger partial charge in [-0.3, -0.25) is 9.59 Å². The summed E-state index contributed by atoms with van der Waals surface area (Å²) in [6.45, 7) is 6.17.